The number of ether oxygens (including phenoxy) is 1. The quantitative estimate of drug-likeness (QED) is 0.550. The molecule has 1 N–H and O–H groups in total. The molecule has 0 bridgehead atoms. The van der Waals surface area contributed by atoms with Crippen LogP contribution in [-0.2, 0) is 0 Å². The lowest BCUT2D eigenvalue weighted by Crippen LogP contribution is -2.31. The highest BCUT2D eigenvalue weighted by atomic mass is 16.5. The molecule has 0 saturated carbocycles. The number of hydrogen-bond acceptors (Lipinski definition) is 8. The second-order valence-electron chi connectivity index (χ2n) is 7.14. The lowest BCUT2D eigenvalue weighted by molar-refractivity contribution is 0.248. The van der Waals surface area contributed by atoms with Crippen molar-refractivity contribution in [3.8, 4) is 11.9 Å². The molecule has 10 nitrogen and oxygen atoms in total. The average Bonchev–Trinajstić information content (AvgIpc) is 3.48. The fraction of sp³-hybridized carbons (Fsp3) is 0.368. The van der Waals surface area contributed by atoms with E-state index in [4.69, 9.17) is 10.00 Å². The second kappa shape index (κ2) is 7.01. The molecule has 1 fully saturated rings. The van der Waals surface area contributed by atoms with Crippen molar-refractivity contribution in [2.45, 2.75) is 25.8 Å². The topological polar surface area (TPSA) is 121 Å². The van der Waals surface area contributed by atoms with E-state index in [1.165, 1.54) is 12.4 Å². The highest BCUT2D eigenvalue weighted by Gasteiger charge is 2.34. The summed E-state index contributed by atoms with van der Waals surface area (Å²) in [6.07, 6.45) is 8.52. The third-order valence-electron chi connectivity index (χ3n) is 5.36. The van der Waals surface area contributed by atoms with Crippen LogP contribution in [0.25, 0.3) is 16.8 Å². The molecule has 1 aliphatic rings. The van der Waals surface area contributed by atoms with Gasteiger partial charge >= 0.3 is 0 Å². The fourth-order valence-electron chi connectivity index (χ4n) is 3.97. The van der Waals surface area contributed by atoms with Gasteiger partial charge in [-0.3, -0.25) is 4.40 Å². The molecule has 1 aliphatic heterocycles. The number of nitrogens with zero attached hydrogens (tertiary/aromatic N) is 8. The Morgan fingerprint density at radius 1 is 1.24 bits per heavy atom. The lowest BCUT2D eigenvalue weighted by atomic mass is 10.1. The van der Waals surface area contributed by atoms with Gasteiger partial charge in [-0.1, -0.05) is 6.92 Å². The first kappa shape index (κ1) is 17.4. The van der Waals surface area contributed by atoms with Crippen LogP contribution in [0.2, 0.25) is 0 Å². The van der Waals surface area contributed by atoms with Crippen molar-refractivity contribution in [2.24, 2.45) is 5.92 Å². The number of fused-ring (bicyclic) bond motifs is 3. The Labute approximate surface area is 166 Å². The van der Waals surface area contributed by atoms with E-state index in [0.29, 0.717) is 24.4 Å². The summed E-state index contributed by atoms with van der Waals surface area (Å²) in [5, 5.41) is 17.6. The van der Waals surface area contributed by atoms with E-state index < -0.39 is 0 Å². The molecule has 10 heteroatoms. The molecule has 5 heterocycles. The SMILES string of the molecule is CC[C@@H]1C[C@H](COc2cnc(C#N)cn2)CN1c1nnc2cnc3[nH]ccc3n12. The van der Waals surface area contributed by atoms with Crippen LogP contribution < -0.4 is 9.64 Å². The van der Waals surface area contributed by atoms with Crippen LogP contribution in [0, 0.1) is 17.2 Å². The van der Waals surface area contributed by atoms with Gasteiger partial charge in [0.1, 0.15) is 6.07 Å². The number of H-pyrrole nitrogens is 1. The molecular formula is C19H19N9O. The van der Waals surface area contributed by atoms with E-state index >= 15 is 0 Å². The van der Waals surface area contributed by atoms with Crippen LogP contribution in [0.5, 0.6) is 5.88 Å². The summed E-state index contributed by atoms with van der Waals surface area (Å²) in [6.45, 7) is 3.53. The van der Waals surface area contributed by atoms with Gasteiger partial charge in [0.2, 0.25) is 11.8 Å². The zero-order valence-electron chi connectivity index (χ0n) is 15.9. The van der Waals surface area contributed by atoms with Gasteiger partial charge in [-0.15, -0.1) is 10.2 Å². The first-order chi connectivity index (χ1) is 14.3. The number of nitrogens with one attached hydrogen (secondary N) is 1. The van der Waals surface area contributed by atoms with Crippen molar-refractivity contribution in [3.05, 3.63) is 36.5 Å². The van der Waals surface area contributed by atoms with Gasteiger partial charge in [-0.2, -0.15) is 5.26 Å². The van der Waals surface area contributed by atoms with Gasteiger partial charge in [0, 0.05) is 24.7 Å². The second-order valence-corrected chi connectivity index (χ2v) is 7.14. The Balaban J connectivity index is 1.37. The van der Waals surface area contributed by atoms with Gasteiger partial charge in [0.15, 0.2) is 17.0 Å². The predicted octanol–water partition coefficient (Wildman–Crippen LogP) is 1.95. The van der Waals surface area contributed by atoms with E-state index in [1.807, 2.05) is 18.3 Å². The average molecular weight is 389 g/mol. The van der Waals surface area contributed by atoms with Crippen molar-refractivity contribution in [1.82, 2.24) is 34.5 Å². The first-order valence-electron chi connectivity index (χ1n) is 9.55. The maximum Gasteiger partial charge on any atom is 0.232 e. The van der Waals surface area contributed by atoms with E-state index in [9.17, 15) is 0 Å². The predicted molar refractivity (Wildman–Crippen MR) is 104 cm³/mol. The molecule has 0 aliphatic carbocycles. The Hall–Kier alpha value is -3.74. The Bertz CT molecular complexity index is 1190. The normalized spacial score (nSPS) is 19.1. The zero-order valence-corrected chi connectivity index (χ0v) is 15.9. The molecular weight excluding hydrogens is 370 g/mol. The molecule has 5 rings (SSSR count). The highest BCUT2D eigenvalue weighted by molar-refractivity contribution is 5.76. The van der Waals surface area contributed by atoms with Crippen LogP contribution in [0.1, 0.15) is 25.5 Å². The van der Waals surface area contributed by atoms with Crippen LogP contribution in [0.3, 0.4) is 0 Å². The molecule has 0 unspecified atom stereocenters. The lowest BCUT2D eigenvalue weighted by Gasteiger charge is -2.23. The maximum absolute atomic E-state index is 8.82. The number of anilines is 1. The van der Waals surface area contributed by atoms with Crippen molar-refractivity contribution < 1.29 is 4.74 Å². The number of aromatic nitrogens is 7. The summed E-state index contributed by atoms with van der Waals surface area (Å²) in [5.41, 5.74) is 2.78. The van der Waals surface area contributed by atoms with Crippen LogP contribution in [-0.4, -0.2) is 53.7 Å². The number of hydrogen-bond donors (Lipinski definition) is 1. The van der Waals surface area contributed by atoms with Crippen molar-refractivity contribution >= 4 is 22.8 Å². The largest absolute Gasteiger partial charge is 0.476 e. The summed E-state index contributed by atoms with van der Waals surface area (Å²) in [5.74, 6) is 1.59. The van der Waals surface area contributed by atoms with Gasteiger partial charge in [-0.05, 0) is 18.9 Å². The van der Waals surface area contributed by atoms with Crippen LogP contribution >= 0.6 is 0 Å². The van der Waals surface area contributed by atoms with E-state index in [-0.39, 0.29) is 5.69 Å². The third-order valence-corrected chi connectivity index (χ3v) is 5.36. The highest BCUT2D eigenvalue weighted by Crippen LogP contribution is 2.31. The first-order valence-corrected chi connectivity index (χ1v) is 9.55. The number of aromatic amines is 1. The summed E-state index contributed by atoms with van der Waals surface area (Å²) < 4.78 is 7.88. The smallest absolute Gasteiger partial charge is 0.232 e. The van der Waals surface area contributed by atoms with E-state index in [1.54, 1.807) is 6.20 Å². The van der Waals surface area contributed by atoms with Gasteiger partial charge in [0.05, 0.1) is 30.7 Å². The summed E-state index contributed by atoms with van der Waals surface area (Å²) in [7, 11) is 0. The Morgan fingerprint density at radius 3 is 2.97 bits per heavy atom. The minimum Gasteiger partial charge on any atom is -0.476 e. The molecule has 0 aromatic carbocycles. The molecule has 0 amide bonds. The summed E-state index contributed by atoms with van der Waals surface area (Å²) in [4.78, 5) is 18.0. The summed E-state index contributed by atoms with van der Waals surface area (Å²) in [6, 6.07) is 4.30. The van der Waals surface area contributed by atoms with Crippen LogP contribution in [0.4, 0.5) is 5.95 Å². The molecule has 4 aromatic rings. The standard InChI is InChI=1S/C19H19N9O/c1-2-14-5-12(11-29-17-9-22-13(6-20)7-23-17)10-27(14)19-26-25-16-8-24-18-15(28(16)19)3-4-21-18/h3-4,7-9,12,14,21H,2,5,10-11H2,1H3/t12-,14+/m0/s1. The monoisotopic (exact) mass is 389 g/mol. The van der Waals surface area contributed by atoms with Crippen molar-refractivity contribution in [2.75, 3.05) is 18.1 Å². The van der Waals surface area contributed by atoms with Gasteiger partial charge in [0.25, 0.3) is 0 Å². The summed E-state index contributed by atoms with van der Waals surface area (Å²) >= 11 is 0. The minimum absolute atomic E-state index is 0.277. The Kier molecular flexibility index (Phi) is 4.20. The number of nitriles is 1. The zero-order chi connectivity index (χ0) is 19.8. The minimum atomic E-state index is 0.277. The van der Waals surface area contributed by atoms with Crippen molar-refractivity contribution in [1.29, 1.82) is 5.26 Å². The van der Waals surface area contributed by atoms with E-state index in [0.717, 1.165) is 42.1 Å². The molecule has 1 saturated heterocycles. The maximum atomic E-state index is 8.82. The Morgan fingerprint density at radius 2 is 2.17 bits per heavy atom. The molecule has 2 atom stereocenters. The molecule has 4 aromatic heterocycles. The molecule has 0 radical (unpaired) electrons. The van der Waals surface area contributed by atoms with Gasteiger partial charge in [-0.25, -0.2) is 15.0 Å². The molecule has 0 spiro atoms. The fourth-order valence-corrected chi connectivity index (χ4v) is 3.97. The third kappa shape index (κ3) is 3.00. The molecule has 146 valence electrons. The molecule has 29 heavy (non-hydrogen) atoms. The number of rotatable bonds is 5. The van der Waals surface area contributed by atoms with Gasteiger partial charge < -0.3 is 14.6 Å². The van der Waals surface area contributed by atoms with Crippen molar-refractivity contribution in [3.63, 3.8) is 0 Å². The van der Waals surface area contributed by atoms with Crippen LogP contribution in [0.15, 0.2) is 30.9 Å². The van der Waals surface area contributed by atoms with E-state index in [2.05, 4.69) is 46.4 Å².